The van der Waals surface area contributed by atoms with Crippen molar-refractivity contribution in [2.75, 3.05) is 13.1 Å². The number of hydrogen-bond donors (Lipinski definition) is 1. The first-order chi connectivity index (χ1) is 10.4. The van der Waals surface area contributed by atoms with Crippen LogP contribution in [0, 0.1) is 13.8 Å². The Morgan fingerprint density at radius 2 is 1.86 bits per heavy atom. The van der Waals surface area contributed by atoms with E-state index in [9.17, 15) is 4.79 Å². The van der Waals surface area contributed by atoms with Crippen LogP contribution in [0.4, 0.5) is 0 Å². The van der Waals surface area contributed by atoms with Crippen LogP contribution in [-0.2, 0) is 11.3 Å². The summed E-state index contributed by atoms with van der Waals surface area (Å²) >= 11 is 0. The monoisotopic (exact) mass is 302 g/mol. The molecular weight excluding hydrogens is 278 g/mol. The second-order valence-corrected chi connectivity index (χ2v) is 6.57. The Labute approximate surface area is 130 Å². The Morgan fingerprint density at radius 3 is 2.55 bits per heavy atom. The van der Waals surface area contributed by atoms with E-state index in [0.29, 0.717) is 0 Å². The number of nitrogens with one attached hydrogen (secondary N) is 1. The first-order valence-electron chi connectivity index (χ1n) is 7.96. The molecule has 1 aromatic carbocycles. The average molecular weight is 302 g/mol. The molecule has 0 bridgehead atoms. The molecular formula is C18H24NO3+. The minimum Gasteiger partial charge on any atom is -0.422 e. The van der Waals surface area contributed by atoms with Gasteiger partial charge in [-0.1, -0.05) is 12.1 Å². The predicted octanol–water partition coefficient (Wildman–Crippen LogP) is 1.60. The second kappa shape index (κ2) is 5.86. The molecule has 4 heteroatoms. The summed E-state index contributed by atoms with van der Waals surface area (Å²) in [5.41, 5.74) is 3.75. The Morgan fingerprint density at radius 1 is 1.18 bits per heavy atom. The summed E-state index contributed by atoms with van der Waals surface area (Å²) in [6.07, 6.45) is 0.517. The first-order valence-corrected chi connectivity index (χ1v) is 7.96. The van der Waals surface area contributed by atoms with Gasteiger partial charge in [0.15, 0.2) is 0 Å². The molecule has 0 amide bonds. The van der Waals surface area contributed by atoms with Gasteiger partial charge in [-0.3, -0.25) is 0 Å². The van der Waals surface area contributed by atoms with E-state index < -0.39 is 0 Å². The van der Waals surface area contributed by atoms with Gasteiger partial charge >= 0.3 is 5.63 Å². The molecule has 22 heavy (non-hydrogen) atoms. The predicted molar refractivity (Wildman–Crippen MR) is 86.4 cm³/mol. The summed E-state index contributed by atoms with van der Waals surface area (Å²) in [4.78, 5) is 13.4. The molecule has 118 valence electrons. The molecule has 2 atom stereocenters. The van der Waals surface area contributed by atoms with Crippen molar-refractivity contribution in [2.24, 2.45) is 0 Å². The molecule has 0 unspecified atom stereocenters. The van der Waals surface area contributed by atoms with Crippen molar-refractivity contribution in [1.82, 2.24) is 0 Å². The van der Waals surface area contributed by atoms with Gasteiger partial charge in [0.2, 0.25) is 0 Å². The molecule has 0 saturated carbocycles. The van der Waals surface area contributed by atoms with E-state index >= 15 is 0 Å². The highest BCUT2D eigenvalue weighted by Crippen LogP contribution is 2.22. The van der Waals surface area contributed by atoms with Crippen LogP contribution in [0.1, 0.15) is 30.5 Å². The maximum Gasteiger partial charge on any atom is 0.336 e. The number of aryl methyl sites for hydroxylation is 2. The number of quaternary nitrogens is 1. The van der Waals surface area contributed by atoms with Gasteiger partial charge in [-0.2, -0.15) is 0 Å². The highest BCUT2D eigenvalue weighted by Gasteiger charge is 2.26. The summed E-state index contributed by atoms with van der Waals surface area (Å²) < 4.78 is 11.3. The van der Waals surface area contributed by atoms with Gasteiger partial charge in [-0.05, 0) is 38.8 Å². The van der Waals surface area contributed by atoms with Gasteiger partial charge in [-0.25, -0.2) is 4.79 Å². The molecule has 1 saturated heterocycles. The van der Waals surface area contributed by atoms with Crippen LogP contribution in [0.2, 0.25) is 0 Å². The van der Waals surface area contributed by atoms with Crippen molar-refractivity contribution in [3.8, 4) is 0 Å². The summed E-state index contributed by atoms with van der Waals surface area (Å²) in [5.74, 6) is 0. The number of morpholine rings is 1. The van der Waals surface area contributed by atoms with Crippen molar-refractivity contribution >= 4 is 11.0 Å². The minimum atomic E-state index is -0.259. The highest BCUT2D eigenvalue weighted by atomic mass is 16.5. The van der Waals surface area contributed by atoms with Gasteiger partial charge in [0.1, 0.15) is 37.4 Å². The van der Waals surface area contributed by atoms with Gasteiger partial charge in [0, 0.05) is 17.0 Å². The van der Waals surface area contributed by atoms with Crippen LogP contribution in [-0.4, -0.2) is 25.3 Å². The van der Waals surface area contributed by atoms with Crippen molar-refractivity contribution < 1.29 is 14.1 Å². The molecule has 1 fully saturated rings. The minimum absolute atomic E-state index is 0.258. The van der Waals surface area contributed by atoms with Crippen LogP contribution in [0.5, 0.6) is 0 Å². The quantitative estimate of drug-likeness (QED) is 0.857. The molecule has 0 spiro atoms. The van der Waals surface area contributed by atoms with Gasteiger partial charge < -0.3 is 14.1 Å². The van der Waals surface area contributed by atoms with Crippen LogP contribution < -0.4 is 10.5 Å². The van der Waals surface area contributed by atoms with Gasteiger partial charge in [0.05, 0.1) is 0 Å². The molecule has 2 heterocycles. The van der Waals surface area contributed by atoms with Crippen LogP contribution in [0.3, 0.4) is 0 Å². The standard InChI is InChI=1S/C18H23NO3/c1-11-5-6-16-15(7-17(20)22-18(16)14(11)4)10-19-8-12(2)21-13(3)9-19/h5-7,12-13H,8-10H2,1-4H3/p+1/t12-,13-/m0/s1. The Hall–Kier alpha value is -1.65. The fraction of sp³-hybridized carbons (Fsp3) is 0.500. The van der Waals surface area contributed by atoms with Gasteiger partial charge in [-0.15, -0.1) is 0 Å². The van der Waals surface area contributed by atoms with Crippen molar-refractivity contribution in [3.05, 3.63) is 45.3 Å². The van der Waals surface area contributed by atoms with Crippen LogP contribution in [0.25, 0.3) is 11.0 Å². The lowest BCUT2D eigenvalue weighted by molar-refractivity contribution is -0.928. The summed E-state index contributed by atoms with van der Waals surface area (Å²) in [5, 5.41) is 1.06. The molecule has 1 aliphatic heterocycles. The van der Waals surface area contributed by atoms with Gasteiger partial charge in [0.25, 0.3) is 0 Å². The zero-order chi connectivity index (χ0) is 15.9. The number of benzene rings is 1. The molecule has 2 aromatic rings. The largest absolute Gasteiger partial charge is 0.422 e. The summed E-state index contributed by atoms with van der Waals surface area (Å²) in [6, 6.07) is 5.82. The number of rotatable bonds is 2. The lowest BCUT2D eigenvalue weighted by Crippen LogP contribution is -3.14. The Balaban J connectivity index is 2.00. The van der Waals surface area contributed by atoms with E-state index in [2.05, 4.69) is 26.0 Å². The Bertz CT molecular complexity index is 740. The van der Waals surface area contributed by atoms with Crippen molar-refractivity contribution in [1.29, 1.82) is 0 Å². The maximum atomic E-state index is 11.9. The summed E-state index contributed by atoms with van der Waals surface area (Å²) in [6.45, 7) is 11.0. The van der Waals surface area contributed by atoms with Crippen molar-refractivity contribution in [2.45, 2.75) is 46.4 Å². The van der Waals surface area contributed by atoms with Crippen molar-refractivity contribution in [3.63, 3.8) is 0 Å². The van der Waals surface area contributed by atoms with Crippen LogP contribution >= 0.6 is 0 Å². The van der Waals surface area contributed by atoms with Crippen LogP contribution in [0.15, 0.2) is 27.4 Å². The fourth-order valence-corrected chi connectivity index (χ4v) is 3.47. The molecule has 4 nitrogen and oxygen atoms in total. The maximum absolute atomic E-state index is 11.9. The Kier molecular flexibility index (Phi) is 4.06. The molecule has 0 aliphatic carbocycles. The third-order valence-corrected chi connectivity index (χ3v) is 4.57. The lowest BCUT2D eigenvalue weighted by Gasteiger charge is -2.32. The van der Waals surface area contributed by atoms with E-state index in [0.717, 1.165) is 47.3 Å². The SMILES string of the molecule is Cc1ccc2c(C[NH+]3C[C@H](C)O[C@@H](C)C3)cc(=O)oc2c1C. The third-order valence-electron chi connectivity index (χ3n) is 4.57. The molecule has 1 aliphatic rings. The topological polar surface area (TPSA) is 43.9 Å². The number of fused-ring (bicyclic) bond motifs is 1. The molecule has 0 radical (unpaired) electrons. The van der Waals surface area contributed by atoms with E-state index in [1.54, 1.807) is 6.07 Å². The fourth-order valence-electron chi connectivity index (χ4n) is 3.47. The van der Waals surface area contributed by atoms with E-state index in [1.165, 1.54) is 4.90 Å². The third kappa shape index (κ3) is 2.94. The normalized spacial score (nSPS) is 25.5. The zero-order valence-corrected chi connectivity index (χ0v) is 13.7. The van der Waals surface area contributed by atoms with E-state index in [1.807, 2.05) is 13.8 Å². The zero-order valence-electron chi connectivity index (χ0n) is 13.7. The molecule has 3 rings (SSSR count). The lowest BCUT2D eigenvalue weighted by atomic mass is 10.0. The highest BCUT2D eigenvalue weighted by molar-refractivity contribution is 5.83. The average Bonchev–Trinajstić information content (AvgIpc) is 2.42. The molecule has 1 N–H and O–H groups in total. The molecule has 1 aromatic heterocycles. The first kappa shape index (κ1) is 15.3. The second-order valence-electron chi connectivity index (χ2n) is 6.57. The van der Waals surface area contributed by atoms with E-state index in [4.69, 9.17) is 9.15 Å². The number of ether oxygens (including phenoxy) is 1. The number of hydrogen-bond acceptors (Lipinski definition) is 3. The smallest absolute Gasteiger partial charge is 0.336 e. The van der Waals surface area contributed by atoms with E-state index in [-0.39, 0.29) is 17.8 Å². The summed E-state index contributed by atoms with van der Waals surface area (Å²) in [7, 11) is 0.